The number of hydrogen-bond donors (Lipinski definition) is 1. The van der Waals surface area contributed by atoms with Crippen molar-refractivity contribution in [1.82, 2.24) is 10.5 Å². The van der Waals surface area contributed by atoms with E-state index < -0.39 is 0 Å². The fraction of sp³-hybridized carbons (Fsp3) is 0.500. The highest BCUT2D eigenvalue weighted by molar-refractivity contribution is 5.92. The molecule has 1 aliphatic heterocycles. The third kappa shape index (κ3) is 3.83. The van der Waals surface area contributed by atoms with Crippen LogP contribution in [0.15, 0.2) is 34.9 Å². The molecule has 0 bridgehead atoms. The molecule has 1 amide bonds. The first kappa shape index (κ1) is 18.0. The Morgan fingerprint density at radius 2 is 2.00 bits per heavy atom. The molecule has 0 atom stereocenters. The second-order valence-corrected chi connectivity index (χ2v) is 7.33. The number of rotatable bonds is 5. The van der Waals surface area contributed by atoms with Crippen LogP contribution in [0.25, 0.3) is 0 Å². The van der Waals surface area contributed by atoms with E-state index in [1.807, 2.05) is 11.0 Å². The minimum absolute atomic E-state index is 0.198. The van der Waals surface area contributed by atoms with Crippen molar-refractivity contribution in [2.45, 2.75) is 31.1 Å². The predicted molar refractivity (Wildman–Crippen MR) is 98.4 cm³/mol. The summed E-state index contributed by atoms with van der Waals surface area (Å²) in [5.41, 5.74) is 0.733. The lowest BCUT2D eigenvalue weighted by molar-refractivity contribution is 0.0906. The number of anilines is 1. The number of carbonyl (C=O) groups excluding carboxylic acids is 1. The van der Waals surface area contributed by atoms with Crippen molar-refractivity contribution in [3.05, 3.63) is 47.5 Å². The molecule has 0 radical (unpaired) electrons. The van der Waals surface area contributed by atoms with Gasteiger partial charge in [-0.15, -0.1) is 0 Å². The van der Waals surface area contributed by atoms with Crippen LogP contribution >= 0.6 is 0 Å². The van der Waals surface area contributed by atoms with Gasteiger partial charge in [0.25, 0.3) is 5.91 Å². The molecule has 0 unspecified atom stereocenters. The molecule has 27 heavy (non-hydrogen) atoms. The molecular formula is C20H24FN3O3. The van der Waals surface area contributed by atoms with Gasteiger partial charge in [-0.25, -0.2) is 4.39 Å². The first-order chi connectivity index (χ1) is 13.2. The van der Waals surface area contributed by atoms with Gasteiger partial charge in [0.2, 0.25) is 5.76 Å². The lowest BCUT2D eigenvalue weighted by atomic mass is 9.78. The monoisotopic (exact) mass is 373 g/mol. The van der Waals surface area contributed by atoms with Crippen molar-refractivity contribution in [2.24, 2.45) is 0 Å². The normalized spacial score (nSPS) is 19.2. The van der Waals surface area contributed by atoms with Gasteiger partial charge in [-0.1, -0.05) is 30.1 Å². The Morgan fingerprint density at radius 3 is 2.74 bits per heavy atom. The highest BCUT2D eigenvalue weighted by Crippen LogP contribution is 2.40. The molecule has 1 aromatic carbocycles. The molecule has 1 aliphatic carbocycles. The van der Waals surface area contributed by atoms with E-state index in [1.54, 1.807) is 18.2 Å². The Labute approximate surface area is 157 Å². The number of benzene rings is 1. The zero-order valence-corrected chi connectivity index (χ0v) is 15.2. The molecule has 1 aromatic heterocycles. The maximum atomic E-state index is 13.7. The predicted octanol–water partition coefficient (Wildman–Crippen LogP) is 2.89. The van der Waals surface area contributed by atoms with E-state index in [4.69, 9.17) is 9.26 Å². The van der Waals surface area contributed by atoms with Crippen molar-refractivity contribution in [3.63, 3.8) is 0 Å². The summed E-state index contributed by atoms with van der Waals surface area (Å²) >= 11 is 0. The van der Waals surface area contributed by atoms with Crippen LogP contribution < -0.4 is 10.2 Å². The van der Waals surface area contributed by atoms with Crippen molar-refractivity contribution < 1.29 is 18.4 Å². The number of amides is 1. The summed E-state index contributed by atoms with van der Waals surface area (Å²) in [5.74, 6) is 0.327. The Hall–Kier alpha value is -2.41. The lowest BCUT2D eigenvalue weighted by Gasteiger charge is -2.29. The fourth-order valence-corrected chi connectivity index (χ4v) is 4.09. The minimum atomic E-state index is -0.287. The number of hydrogen-bond acceptors (Lipinski definition) is 5. The molecule has 2 fully saturated rings. The van der Waals surface area contributed by atoms with Gasteiger partial charge in [0, 0.05) is 31.1 Å². The quantitative estimate of drug-likeness (QED) is 0.873. The van der Waals surface area contributed by atoms with Gasteiger partial charge in [-0.3, -0.25) is 4.79 Å². The van der Waals surface area contributed by atoms with Gasteiger partial charge >= 0.3 is 0 Å². The second kappa shape index (κ2) is 7.68. The topological polar surface area (TPSA) is 67.6 Å². The molecule has 1 saturated heterocycles. The molecular weight excluding hydrogens is 349 g/mol. The average Bonchev–Trinajstić information content (AvgIpc) is 3.38. The van der Waals surface area contributed by atoms with E-state index in [2.05, 4.69) is 10.5 Å². The van der Waals surface area contributed by atoms with Crippen molar-refractivity contribution >= 4 is 11.7 Å². The number of morpholine rings is 1. The first-order valence-electron chi connectivity index (χ1n) is 9.50. The van der Waals surface area contributed by atoms with Crippen LogP contribution in [0, 0.1) is 5.82 Å². The molecule has 0 spiro atoms. The molecule has 2 heterocycles. The maximum Gasteiger partial charge on any atom is 0.290 e. The van der Waals surface area contributed by atoms with Crippen molar-refractivity contribution in [1.29, 1.82) is 0 Å². The molecule has 144 valence electrons. The Balaban J connectivity index is 1.44. The van der Waals surface area contributed by atoms with Crippen LogP contribution in [-0.2, 0) is 10.2 Å². The van der Waals surface area contributed by atoms with Crippen LogP contribution in [-0.4, -0.2) is 43.9 Å². The largest absolute Gasteiger partial charge is 0.378 e. The summed E-state index contributed by atoms with van der Waals surface area (Å²) in [5, 5.41) is 6.99. The molecule has 4 rings (SSSR count). The van der Waals surface area contributed by atoms with E-state index in [-0.39, 0.29) is 22.9 Å². The molecule has 2 aliphatic rings. The summed E-state index contributed by atoms with van der Waals surface area (Å²) in [6, 6.07) is 8.39. The molecule has 7 heteroatoms. The fourth-order valence-electron chi connectivity index (χ4n) is 4.09. The van der Waals surface area contributed by atoms with Gasteiger partial charge in [-0.2, -0.15) is 0 Å². The number of aromatic nitrogens is 1. The van der Waals surface area contributed by atoms with Gasteiger partial charge in [0.1, 0.15) is 5.82 Å². The van der Waals surface area contributed by atoms with Gasteiger partial charge in [-0.05, 0) is 30.5 Å². The summed E-state index contributed by atoms with van der Waals surface area (Å²) in [4.78, 5) is 14.6. The Bertz CT molecular complexity index is 795. The van der Waals surface area contributed by atoms with Gasteiger partial charge in [0.05, 0.1) is 13.2 Å². The highest BCUT2D eigenvalue weighted by Gasteiger charge is 2.36. The number of nitrogens with zero attached hydrogens (tertiary/aromatic N) is 2. The number of ether oxygens (including phenoxy) is 1. The highest BCUT2D eigenvalue weighted by atomic mass is 19.1. The lowest BCUT2D eigenvalue weighted by Crippen LogP contribution is -2.39. The SMILES string of the molecule is O=C(NCC1(c2cccc(F)c2)CCCC1)c1cc(N2CCOCC2)no1. The zero-order chi connectivity index (χ0) is 18.7. The third-order valence-corrected chi connectivity index (χ3v) is 5.64. The summed E-state index contributed by atoms with van der Waals surface area (Å²) in [7, 11) is 0. The summed E-state index contributed by atoms with van der Waals surface area (Å²) in [6.45, 7) is 3.21. The number of halogens is 1. The Kier molecular flexibility index (Phi) is 5.11. The van der Waals surface area contributed by atoms with E-state index in [9.17, 15) is 9.18 Å². The molecule has 6 nitrogen and oxygen atoms in total. The van der Waals surface area contributed by atoms with Crippen molar-refractivity contribution in [2.75, 3.05) is 37.7 Å². The Morgan fingerprint density at radius 1 is 1.22 bits per heavy atom. The zero-order valence-electron chi connectivity index (χ0n) is 15.2. The van der Waals surface area contributed by atoms with Crippen LogP contribution in [0.4, 0.5) is 10.2 Å². The summed E-state index contributed by atoms with van der Waals surface area (Å²) in [6.07, 6.45) is 4.03. The second-order valence-electron chi connectivity index (χ2n) is 7.33. The standard InChI is InChI=1S/C20H24FN3O3/c21-16-5-3-4-15(12-16)20(6-1-2-7-20)14-22-19(25)17-13-18(23-27-17)24-8-10-26-11-9-24/h3-5,12-13H,1-2,6-11,14H2,(H,22,25). The van der Waals surface area contributed by atoms with E-state index in [0.29, 0.717) is 25.6 Å². The van der Waals surface area contributed by atoms with Crippen molar-refractivity contribution in [3.8, 4) is 0 Å². The maximum absolute atomic E-state index is 13.7. The third-order valence-electron chi connectivity index (χ3n) is 5.64. The molecule has 2 aromatic rings. The summed E-state index contributed by atoms with van der Waals surface area (Å²) < 4.78 is 24.3. The van der Waals surface area contributed by atoms with Crippen LogP contribution in [0.3, 0.4) is 0 Å². The van der Waals surface area contributed by atoms with E-state index >= 15 is 0 Å². The van der Waals surface area contributed by atoms with Crippen LogP contribution in [0.5, 0.6) is 0 Å². The molecule has 1 saturated carbocycles. The van der Waals surface area contributed by atoms with E-state index in [0.717, 1.165) is 44.3 Å². The van der Waals surface area contributed by atoms with Gasteiger partial charge in [0.15, 0.2) is 5.82 Å². The number of carbonyl (C=O) groups is 1. The smallest absolute Gasteiger partial charge is 0.290 e. The van der Waals surface area contributed by atoms with Crippen LogP contribution in [0.1, 0.15) is 41.8 Å². The van der Waals surface area contributed by atoms with Crippen LogP contribution in [0.2, 0.25) is 0 Å². The first-order valence-corrected chi connectivity index (χ1v) is 9.50. The average molecular weight is 373 g/mol. The van der Waals surface area contributed by atoms with E-state index in [1.165, 1.54) is 6.07 Å². The molecule has 1 N–H and O–H groups in total. The number of nitrogens with one attached hydrogen (secondary N) is 1. The van der Waals surface area contributed by atoms with Gasteiger partial charge < -0.3 is 19.5 Å². The minimum Gasteiger partial charge on any atom is -0.378 e.